The molecule has 0 amide bonds. The van der Waals surface area contributed by atoms with Crippen molar-refractivity contribution in [2.24, 2.45) is 0 Å². The van der Waals surface area contributed by atoms with Crippen molar-refractivity contribution in [2.45, 2.75) is 0 Å². The number of fused-ring (bicyclic) bond motifs is 3. The summed E-state index contributed by atoms with van der Waals surface area (Å²) in [6, 6.07) is 73.7. The fourth-order valence-corrected chi connectivity index (χ4v) is 7.95. The molecule has 4 heteroatoms. The molecule has 266 valence electrons. The SMILES string of the molecule is N#Cc1ccc(-n2c3ccc(-c4ccccc4)cc3c3cc(-c4ccccc4)ccc32)c(-c2nc(-c3ccccc3)c(-c3ccccc3)c(-c3ccccc3)n2)c1. The summed E-state index contributed by atoms with van der Waals surface area (Å²) in [5.74, 6) is 0.538. The van der Waals surface area contributed by atoms with E-state index in [0.29, 0.717) is 11.4 Å². The molecule has 10 rings (SSSR count). The molecule has 0 saturated heterocycles. The van der Waals surface area contributed by atoms with Gasteiger partial charge in [0.15, 0.2) is 5.82 Å². The van der Waals surface area contributed by atoms with E-state index in [1.165, 1.54) is 0 Å². The van der Waals surface area contributed by atoms with E-state index >= 15 is 0 Å². The number of rotatable bonds is 7. The van der Waals surface area contributed by atoms with Crippen molar-refractivity contribution in [2.75, 3.05) is 0 Å². The third-order valence-corrected chi connectivity index (χ3v) is 10.7. The smallest absolute Gasteiger partial charge is 0.162 e. The summed E-state index contributed by atoms with van der Waals surface area (Å²) in [6.07, 6.45) is 0. The van der Waals surface area contributed by atoms with Gasteiger partial charge >= 0.3 is 0 Å². The van der Waals surface area contributed by atoms with Crippen molar-refractivity contribution < 1.29 is 0 Å². The van der Waals surface area contributed by atoms with Crippen LogP contribution in [0.5, 0.6) is 0 Å². The van der Waals surface area contributed by atoms with E-state index in [2.05, 4.69) is 144 Å². The van der Waals surface area contributed by atoms with Crippen LogP contribution in [0.15, 0.2) is 206 Å². The van der Waals surface area contributed by atoms with Crippen LogP contribution in [-0.4, -0.2) is 14.5 Å². The van der Waals surface area contributed by atoms with Crippen LogP contribution in [0.25, 0.3) is 94.8 Å². The number of hydrogen-bond acceptors (Lipinski definition) is 3. The van der Waals surface area contributed by atoms with Gasteiger partial charge in [-0.3, -0.25) is 0 Å². The molecule has 0 radical (unpaired) electrons. The van der Waals surface area contributed by atoms with Gasteiger partial charge in [-0.25, -0.2) is 9.97 Å². The second-order valence-electron chi connectivity index (χ2n) is 14.1. The van der Waals surface area contributed by atoms with Gasteiger partial charge in [-0.1, -0.05) is 164 Å². The lowest BCUT2D eigenvalue weighted by Crippen LogP contribution is -2.04. The first-order valence-corrected chi connectivity index (χ1v) is 19.1. The minimum atomic E-state index is 0.533. The van der Waals surface area contributed by atoms with Crippen molar-refractivity contribution >= 4 is 21.8 Å². The van der Waals surface area contributed by atoms with E-state index in [0.717, 1.165) is 89.0 Å². The molecule has 8 aromatic carbocycles. The molecule has 0 fully saturated rings. The zero-order valence-corrected chi connectivity index (χ0v) is 30.9. The predicted octanol–water partition coefficient (Wildman–Crippen LogP) is 13.4. The summed E-state index contributed by atoms with van der Waals surface area (Å²) >= 11 is 0. The number of benzene rings is 8. The molecular weight excluding hydrogens is 693 g/mol. The van der Waals surface area contributed by atoms with Gasteiger partial charge in [0.25, 0.3) is 0 Å². The highest BCUT2D eigenvalue weighted by Crippen LogP contribution is 2.43. The molecule has 4 nitrogen and oxygen atoms in total. The van der Waals surface area contributed by atoms with Crippen LogP contribution in [0.3, 0.4) is 0 Å². The monoisotopic (exact) mass is 726 g/mol. The Kier molecular flexibility index (Phi) is 8.52. The minimum absolute atomic E-state index is 0.533. The highest BCUT2D eigenvalue weighted by molar-refractivity contribution is 6.12. The highest BCUT2D eigenvalue weighted by Gasteiger charge is 2.24. The van der Waals surface area contributed by atoms with Gasteiger partial charge in [-0.05, 0) is 70.3 Å². The maximum absolute atomic E-state index is 10.3. The summed E-state index contributed by atoms with van der Waals surface area (Å²) < 4.78 is 2.31. The molecule has 2 heterocycles. The van der Waals surface area contributed by atoms with Crippen LogP contribution < -0.4 is 0 Å². The molecule has 0 aliphatic rings. The van der Waals surface area contributed by atoms with E-state index in [1.807, 2.05) is 72.8 Å². The Hall–Kier alpha value is -7.87. The molecule has 0 unspecified atom stereocenters. The second kappa shape index (κ2) is 14.4. The third-order valence-electron chi connectivity index (χ3n) is 10.7. The topological polar surface area (TPSA) is 54.5 Å². The molecular formula is C53H34N4. The Morgan fingerprint density at radius 1 is 0.386 bits per heavy atom. The van der Waals surface area contributed by atoms with Gasteiger partial charge < -0.3 is 4.57 Å². The lowest BCUT2D eigenvalue weighted by molar-refractivity contribution is 1.14. The Morgan fingerprint density at radius 2 is 0.807 bits per heavy atom. The molecule has 0 aliphatic carbocycles. The number of aromatic nitrogens is 3. The first kappa shape index (κ1) is 33.7. The molecule has 2 aromatic heterocycles. The van der Waals surface area contributed by atoms with E-state index in [-0.39, 0.29) is 0 Å². The van der Waals surface area contributed by atoms with Crippen molar-refractivity contribution in [3.63, 3.8) is 0 Å². The van der Waals surface area contributed by atoms with Crippen LogP contribution >= 0.6 is 0 Å². The van der Waals surface area contributed by atoms with E-state index in [1.54, 1.807) is 0 Å². The van der Waals surface area contributed by atoms with Gasteiger partial charge in [0.2, 0.25) is 0 Å². The number of nitriles is 1. The zero-order valence-electron chi connectivity index (χ0n) is 30.9. The normalized spacial score (nSPS) is 11.1. The first-order valence-electron chi connectivity index (χ1n) is 19.1. The van der Waals surface area contributed by atoms with Crippen LogP contribution in [0.2, 0.25) is 0 Å². The lowest BCUT2D eigenvalue weighted by Gasteiger charge is -2.19. The van der Waals surface area contributed by atoms with Crippen molar-refractivity contribution in [3.8, 4) is 79.0 Å². The number of hydrogen-bond donors (Lipinski definition) is 0. The minimum Gasteiger partial charge on any atom is -0.308 e. The largest absolute Gasteiger partial charge is 0.308 e. The molecule has 0 spiro atoms. The van der Waals surface area contributed by atoms with Crippen LogP contribution in [0.1, 0.15) is 5.56 Å². The fourth-order valence-electron chi connectivity index (χ4n) is 7.95. The molecule has 0 aliphatic heterocycles. The van der Waals surface area contributed by atoms with Crippen molar-refractivity contribution in [3.05, 3.63) is 212 Å². The van der Waals surface area contributed by atoms with Gasteiger partial charge in [0.1, 0.15) is 0 Å². The summed E-state index contributed by atoms with van der Waals surface area (Å²) in [6.45, 7) is 0. The predicted molar refractivity (Wildman–Crippen MR) is 234 cm³/mol. The highest BCUT2D eigenvalue weighted by atomic mass is 15.0. The summed E-state index contributed by atoms with van der Waals surface area (Å²) in [5.41, 5.74) is 14.5. The average Bonchev–Trinajstić information content (AvgIpc) is 3.62. The molecule has 0 saturated carbocycles. The Morgan fingerprint density at radius 3 is 1.25 bits per heavy atom. The maximum Gasteiger partial charge on any atom is 0.162 e. The lowest BCUT2D eigenvalue weighted by atomic mass is 9.94. The second-order valence-corrected chi connectivity index (χ2v) is 14.1. The Balaban J connectivity index is 1.29. The molecule has 10 aromatic rings. The third kappa shape index (κ3) is 6.14. The van der Waals surface area contributed by atoms with E-state index < -0.39 is 0 Å². The number of nitrogens with zero attached hydrogens (tertiary/aromatic N) is 4. The summed E-state index contributed by atoms with van der Waals surface area (Å²) in [7, 11) is 0. The molecule has 0 N–H and O–H groups in total. The van der Waals surface area contributed by atoms with Gasteiger partial charge in [0.05, 0.1) is 39.7 Å². The fraction of sp³-hybridized carbons (Fsp3) is 0. The Labute approximate surface area is 331 Å². The van der Waals surface area contributed by atoms with Crippen LogP contribution in [-0.2, 0) is 0 Å². The van der Waals surface area contributed by atoms with Gasteiger partial charge in [0, 0.05) is 33.0 Å². The van der Waals surface area contributed by atoms with Gasteiger partial charge in [-0.2, -0.15) is 5.26 Å². The van der Waals surface area contributed by atoms with Crippen LogP contribution in [0.4, 0.5) is 0 Å². The molecule has 57 heavy (non-hydrogen) atoms. The van der Waals surface area contributed by atoms with Crippen LogP contribution in [0, 0.1) is 11.3 Å². The molecule has 0 atom stereocenters. The molecule has 0 bridgehead atoms. The van der Waals surface area contributed by atoms with Gasteiger partial charge in [-0.15, -0.1) is 0 Å². The average molecular weight is 727 g/mol. The quantitative estimate of drug-likeness (QED) is 0.164. The summed E-state index contributed by atoms with van der Waals surface area (Å²) in [5, 5.41) is 12.6. The summed E-state index contributed by atoms with van der Waals surface area (Å²) in [4.78, 5) is 10.9. The first-order chi connectivity index (χ1) is 28.2. The van der Waals surface area contributed by atoms with Crippen molar-refractivity contribution in [1.82, 2.24) is 14.5 Å². The zero-order chi connectivity index (χ0) is 38.1. The van der Waals surface area contributed by atoms with E-state index in [9.17, 15) is 5.26 Å². The maximum atomic E-state index is 10.3. The van der Waals surface area contributed by atoms with E-state index in [4.69, 9.17) is 9.97 Å². The standard InChI is InChI=1S/C53H34N4/c54-35-36-26-29-49(57-47-30-27-42(37-16-6-1-7-17-37)33-44(47)45-34-43(28-31-48(45)57)38-18-8-2-9-19-38)46(32-36)53-55-51(40-22-12-4-13-23-40)50(39-20-10-3-11-21-39)52(56-53)41-24-14-5-15-25-41/h1-34H. The van der Waals surface area contributed by atoms with Crippen molar-refractivity contribution in [1.29, 1.82) is 5.26 Å². The Bertz CT molecular complexity index is 2940.